The first kappa shape index (κ1) is 14.6. The Bertz CT molecular complexity index is 587. The topological polar surface area (TPSA) is 21.3 Å². The molecule has 0 saturated carbocycles. The Morgan fingerprint density at radius 1 is 1.10 bits per heavy atom. The Kier molecular flexibility index (Phi) is 5.19. The van der Waals surface area contributed by atoms with Gasteiger partial charge in [0.25, 0.3) is 0 Å². The maximum absolute atomic E-state index is 5.24. The van der Waals surface area contributed by atoms with Gasteiger partial charge in [0, 0.05) is 6.54 Å². The zero-order valence-corrected chi connectivity index (χ0v) is 12.5. The van der Waals surface area contributed by atoms with Gasteiger partial charge in [-0.1, -0.05) is 44.2 Å². The van der Waals surface area contributed by atoms with E-state index in [-0.39, 0.29) is 0 Å². The van der Waals surface area contributed by atoms with Crippen LogP contribution in [0.15, 0.2) is 42.5 Å². The molecule has 2 aromatic carbocycles. The summed E-state index contributed by atoms with van der Waals surface area (Å²) >= 11 is 0. The van der Waals surface area contributed by atoms with E-state index in [1.807, 2.05) is 6.07 Å². The Hall–Kier alpha value is -1.80. The van der Waals surface area contributed by atoms with E-state index in [2.05, 4.69) is 61.6 Å². The second-order valence-electron chi connectivity index (χ2n) is 5.43. The lowest BCUT2D eigenvalue weighted by Gasteiger charge is -2.05. The molecular formula is C18H23NO. The molecule has 0 aromatic heterocycles. The van der Waals surface area contributed by atoms with Gasteiger partial charge in [-0.15, -0.1) is 0 Å². The molecule has 20 heavy (non-hydrogen) atoms. The van der Waals surface area contributed by atoms with Crippen molar-refractivity contribution in [2.75, 3.05) is 20.2 Å². The summed E-state index contributed by atoms with van der Waals surface area (Å²) in [7, 11) is 1.70. The van der Waals surface area contributed by atoms with E-state index in [0.29, 0.717) is 5.92 Å². The maximum atomic E-state index is 5.24. The second-order valence-corrected chi connectivity index (χ2v) is 5.43. The number of hydrogen-bond donors (Lipinski definition) is 1. The molecule has 0 aliphatic heterocycles. The van der Waals surface area contributed by atoms with Crippen LogP contribution in [0, 0.1) is 5.92 Å². The summed E-state index contributed by atoms with van der Waals surface area (Å²) in [6, 6.07) is 12.6. The van der Waals surface area contributed by atoms with Crippen LogP contribution in [0.1, 0.15) is 19.4 Å². The van der Waals surface area contributed by atoms with Gasteiger partial charge in [-0.25, -0.2) is 0 Å². The van der Waals surface area contributed by atoms with Gasteiger partial charge in [0.15, 0.2) is 0 Å². The van der Waals surface area contributed by atoms with Crippen LogP contribution in [-0.2, 0) is 0 Å². The van der Waals surface area contributed by atoms with Crippen molar-refractivity contribution in [3.05, 3.63) is 48.0 Å². The largest absolute Gasteiger partial charge is 0.497 e. The van der Waals surface area contributed by atoms with Crippen molar-refractivity contribution >= 4 is 16.8 Å². The number of nitrogens with one attached hydrogen (secondary N) is 1. The van der Waals surface area contributed by atoms with E-state index in [4.69, 9.17) is 4.74 Å². The quantitative estimate of drug-likeness (QED) is 0.797. The first-order valence-corrected chi connectivity index (χ1v) is 7.14. The molecule has 1 N–H and O–H groups in total. The zero-order valence-electron chi connectivity index (χ0n) is 12.5. The minimum Gasteiger partial charge on any atom is -0.497 e. The molecular weight excluding hydrogens is 246 g/mol. The number of fused-ring (bicyclic) bond motifs is 1. The van der Waals surface area contributed by atoms with E-state index in [9.17, 15) is 0 Å². The van der Waals surface area contributed by atoms with Crippen molar-refractivity contribution < 1.29 is 4.74 Å². The highest BCUT2D eigenvalue weighted by Crippen LogP contribution is 2.22. The van der Waals surface area contributed by atoms with E-state index in [1.165, 1.54) is 16.3 Å². The monoisotopic (exact) mass is 269 g/mol. The molecule has 2 aromatic rings. The normalized spacial score (nSPS) is 11.6. The predicted molar refractivity (Wildman–Crippen MR) is 87.2 cm³/mol. The van der Waals surface area contributed by atoms with Crippen LogP contribution in [-0.4, -0.2) is 20.2 Å². The van der Waals surface area contributed by atoms with Crippen molar-refractivity contribution in [1.29, 1.82) is 0 Å². The molecule has 0 heterocycles. The molecule has 0 amide bonds. The Morgan fingerprint density at radius 3 is 2.60 bits per heavy atom. The first-order chi connectivity index (χ1) is 9.69. The number of hydrogen-bond acceptors (Lipinski definition) is 2. The van der Waals surface area contributed by atoms with Crippen LogP contribution in [0.3, 0.4) is 0 Å². The van der Waals surface area contributed by atoms with Crippen LogP contribution in [0.5, 0.6) is 5.75 Å². The first-order valence-electron chi connectivity index (χ1n) is 7.14. The molecule has 0 aliphatic carbocycles. The highest BCUT2D eigenvalue weighted by molar-refractivity contribution is 5.86. The molecule has 106 valence electrons. The van der Waals surface area contributed by atoms with E-state index >= 15 is 0 Å². The van der Waals surface area contributed by atoms with Crippen molar-refractivity contribution in [3.63, 3.8) is 0 Å². The minimum atomic E-state index is 0.694. The Balaban J connectivity index is 2.02. The third kappa shape index (κ3) is 4.10. The summed E-state index contributed by atoms with van der Waals surface area (Å²) in [5, 5.41) is 5.85. The Labute approximate surface area is 121 Å². The fourth-order valence-electron chi connectivity index (χ4n) is 2.12. The van der Waals surface area contributed by atoms with E-state index in [0.717, 1.165) is 18.8 Å². The molecule has 2 heteroatoms. The van der Waals surface area contributed by atoms with Gasteiger partial charge in [-0.2, -0.15) is 0 Å². The number of benzene rings is 2. The van der Waals surface area contributed by atoms with Crippen LogP contribution >= 0.6 is 0 Å². The maximum Gasteiger partial charge on any atom is 0.119 e. The van der Waals surface area contributed by atoms with Crippen molar-refractivity contribution in [2.45, 2.75) is 13.8 Å². The lowest BCUT2D eigenvalue weighted by atomic mass is 10.1. The summed E-state index contributed by atoms with van der Waals surface area (Å²) in [5.41, 5.74) is 1.23. The van der Waals surface area contributed by atoms with Gasteiger partial charge in [-0.3, -0.25) is 0 Å². The zero-order chi connectivity index (χ0) is 14.4. The number of rotatable bonds is 6. The van der Waals surface area contributed by atoms with Crippen LogP contribution in [0.25, 0.3) is 16.8 Å². The van der Waals surface area contributed by atoms with Crippen LogP contribution < -0.4 is 10.1 Å². The summed E-state index contributed by atoms with van der Waals surface area (Å²) in [6.07, 6.45) is 4.34. The van der Waals surface area contributed by atoms with Crippen molar-refractivity contribution in [3.8, 4) is 5.75 Å². The predicted octanol–water partition coefficient (Wildman–Crippen LogP) is 4.11. The average molecular weight is 269 g/mol. The highest BCUT2D eigenvalue weighted by Gasteiger charge is 1.97. The van der Waals surface area contributed by atoms with Crippen LogP contribution in [0.4, 0.5) is 0 Å². The third-order valence-corrected chi connectivity index (χ3v) is 3.20. The number of methoxy groups -OCH3 is 1. The molecule has 0 unspecified atom stereocenters. The van der Waals surface area contributed by atoms with Gasteiger partial charge in [0.05, 0.1) is 7.11 Å². The lowest BCUT2D eigenvalue weighted by Crippen LogP contribution is -2.19. The summed E-state index contributed by atoms with van der Waals surface area (Å²) in [6.45, 7) is 6.41. The molecule has 2 nitrogen and oxygen atoms in total. The average Bonchev–Trinajstić information content (AvgIpc) is 2.46. The summed E-state index contributed by atoms with van der Waals surface area (Å²) in [5.74, 6) is 1.60. The third-order valence-electron chi connectivity index (χ3n) is 3.20. The summed E-state index contributed by atoms with van der Waals surface area (Å²) in [4.78, 5) is 0. The molecule has 0 atom stereocenters. The van der Waals surface area contributed by atoms with Gasteiger partial charge in [0.1, 0.15) is 5.75 Å². The van der Waals surface area contributed by atoms with Gasteiger partial charge in [-0.05, 0) is 47.0 Å². The standard InChI is InChI=1S/C18H23NO/c1-14(2)13-19-10-4-5-15-6-7-17-12-18(20-3)9-8-16(17)11-15/h4-9,11-12,14,19H,10,13H2,1-3H3. The molecule has 0 fully saturated rings. The molecule has 0 spiro atoms. The fraction of sp³-hybridized carbons (Fsp3) is 0.333. The van der Waals surface area contributed by atoms with Gasteiger partial charge in [0.2, 0.25) is 0 Å². The van der Waals surface area contributed by atoms with E-state index < -0.39 is 0 Å². The van der Waals surface area contributed by atoms with Crippen molar-refractivity contribution in [1.82, 2.24) is 5.32 Å². The lowest BCUT2D eigenvalue weighted by molar-refractivity contribution is 0.415. The SMILES string of the molecule is COc1ccc2cc(C=CCNCC(C)C)ccc2c1. The van der Waals surface area contributed by atoms with Gasteiger partial charge < -0.3 is 10.1 Å². The van der Waals surface area contributed by atoms with Crippen LogP contribution in [0.2, 0.25) is 0 Å². The molecule has 0 bridgehead atoms. The number of ether oxygens (including phenoxy) is 1. The van der Waals surface area contributed by atoms with Gasteiger partial charge >= 0.3 is 0 Å². The second kappa shape index (κ2) is 7.11. The van der Waals surface area contributed by atoms with Crippen molar-refractivity contribution in [2.24, 2.45) is 5.92 Å². The minimum absolute atomic E-state index is 0.694. The molecule has 0 aliphatic rings. The molecule has 0 saturated heterocycles. The van der Waals surface area contributed by atoms with E-state index in [1.54, 1.807) is 7.11 Å². The molecule has 2 rings (SSSR count). The summed E-state index contributed by atoms with van der Waals surface area (Å²) < 4.78 is 5.24. The smallest absolute Gasteiger partial charge is 0.119 e. The fourth-order valence-corrected chi connectivity index (χ4v) is 2.12. The molecule has 0 radical (unpaired) electrons. The highest BCUT2D eigenvalue weighted by atomic mass is 16.5. The Morgan fingerprint density at radius 2 is 1.85 bits per heavy atom.